The van der Waals surface area contributed by atoms with Crippen LogP contribution in [0, 0.1) is 5.82 Å². The Bertz CT molecular complexity index is 988. The summed E-state index contributed by atoms with van der Waals surface area (Å²) in [7, 11) is 0. The van der Waals surface area contributed by atoms with Gasteiger partial charge in [-0.3, -0.25) is 4.98 Å². The van der Waals surface area contributed by atoms with Crippen molar-refractivity contribution < 1.29 is 4.39 Å². The first-order valence-corrected chi connectivity index (χ1v) is 7.27. The molecule has 22 heavy (non-hydrogen) atoms. The minimum atomic E-state index is -0.232. The summed E-state index contributed by atoms with van der Waals surface area (Å²) < 4.78 is 14.3. The maximum absolute atomic E-state index is 14.3. The lowest BCUT2D eigenvalue weighted by Gasteiger charge is -2.05. The minimum absolute atomic E-state index is 0.232. The smallest absolute Gasteiger partial charge is 0.139 e. The summed E-state index contributed by atoms with van der Waals surface area (Å²) in [6, 6.07) is 11.0. The number of fused-ring (bicyclic) bond motifs is 3. The molecule has 0 aliphatic rings. The zero-order valence-electron chi connectivity index (χ0n) is 12.1. The highest BCUT2D eigenvalue weighted by Crippen LogP contribution is 2.28. The first kappa shape index (κ1) is 13.0. The fourth-order valence-corrected chi connectivity index (χ4v) is 2.75. The lowest BCUT2D eigenvalue weighted by molar-refractivity contribution is 0.628. The second-order valence-corrected chi connectivity index (χ2v) is 5.31. The number of pyridine rings is 2. The molecule has 0 aliphatic carbocycles. The highest BCUT2D eigenvalue weighted by atomic mass is 19.1. The monoisotopic (exact) mass is 291 g/mol. The Kier molecular flexibility index (Phi) is 2.89. The van der Waals surface area contributed by atoms with Crippen LogP contribution in [0.15, 0.2) is 48.8 Å². The van der Waals surface area contributed by atoms with Crippen LogP contribution in [0.25, 0.3) is 33.2 Å². The van der Waals surface area contributed by atoms with Gasteiger partial charge in [0.05, 0.1) is 11.2 Å². The highest BCUT2D eigenvalue weighted by Gasteiger charge is 2.10. The highest BCUT2D eigenvalue weighted by molar-refractivity contribution is 6.05. The van der Waals surface area contributed by atoms with E-state index in [1.807, 2.05) is 37.4 Å². The number of aryl methyl sites for hydroxylation is 1. The predicted molar refractivity (Wildman–Crippen MR) is 86.2 cm³/mol. The van der Waals surface area contributed by atoms with E-state index in [4.69, 9.17) is 0 Å². The third-order valence-corrected chi connectivity index (χ3v) is 3.98. The predicted octanol–water partition coefficient (Wildman–Crippen LogP) is 4.48. The molecule has 0 amide bonds. The summed E-state index contributed by atoms with van der Waals surface area (Å²) >= 11 is 0. The Balaban J connectivity index is 1.91. The standard InChI is InChI=1S/C18H14FN3/c1-2-11-3-4-13(15(19)9-11)16-6-5-12-14-10-20-8-7-17(14)22-18(12)21-16/h3-10H,2H2,1H3,(H,21,22). The molecule has 0 saturated carbocycles. The molecule has 0 bridgehead atoms. The van der Waals surface area contributed by atoms with Gasteiger partial charge in [0, 0.05) is 28.7 Å². The van der Waals surface area contributed by atoms with Crippen molar-refractivity contribution in [2.75, 3.05) is 0 Å². The molecule has 0 atom stereocenters. The van der Waals surface area contributed by atoms with Crippen molar-refractivity contribution in [1.29, 1.82) is 0 Å². The molecule has 3 nitrogen and oxygen atoms in total. The average molecular weight is 291 g/mol. The third kappa shape index (κ3) is 1.96. The van der Waals surface area contributed by atoms with Crippen LogP contribution in [0.4, 0.5) is 4.39 Å². The lowest BCUT2D eigenvalue weighted by Crippen LogP contribution is -1.91. The SMILES string of the molecule is CCc1ccc(-c2ccc3c(n2)[nH]c2ccncc23)c(F)c1. The summed E-state index contributed by atoms with van der Waals surface area (Å²) in [6.07, 6.45) is 4.37. The Morgan fingerprint density at radius 3 is 2.82 bits per heavy atom. The van der Waals surface area contributed by atoms with Crippen LogP contribution in [-0.4, -0.2) is 15.0 Å². The van der Waals surface area contributed by atoms with Gasteiger partial charge in [0.15, 0.2) is 0 Å². The fraction of sp³-hybridized carbons (Fsp3) is 0.111. The number of hydrogen-bond acceptors (Lipinski definition) is 2. The molecular formula is C18H14FN3. The minimum Gasteiger partial charge on any atom is -0.339 e. The zero-order valence-corrected chi connectivity index (χ0v) is 12.1. The number of nitrogens with zero attached hydrogens (tertiary/aromatic N) is 2. The number of H-pyrrole nitrogens is 1. The van der Waals surface area contributed by atoms with E-state index in [1.165, 1.54) is 0 Å². The van der Waals surface area contributed by atoms with Crippen molar-refractivity contribution in [2.24, 2.45) is 0 Å². The Hall–Kier alpha value is -2.75. The normalized spacial score (nSPS) is 11.4. The molecule has 0 radical (unpaired) electrons. The van der Waals surface area contributed by atoms with Crippen molar-refractivity contribution in [3.8, 4) is 11.3 Å². The largest absolute Gasteiger partial charge is 0.339 e. The van der Waals surface area contributed by atoms with Crippen LogP contribution in [0.3, 0.4) is 0 Å². The number of halogens is 1. The average Bonchev–Trinajstić information content (AvgIpc) is 2.92. The maximum Gasteiger partial charge on any atom is 0.139 e. The van der Waals surface area contributed by atoms with E-state index < -0.39 is 0 Å². The van der Waals surface area contributed by atoms with Crippen LogP contribution in [0.1, 0.15) is 12.5 Å². The van der Waals surface area contributed by atoms with Gasteiger partial charge in [-0.1, -0.05) is 13.0 Å². The first-order valence-electron chi connectivity index (χ1n) is 7.27. The molecule has 4 heteroatoms. The van der Waals surface area contributed by atoms with Gasteiger partial charge in [-0.15, -0.1) is 0 Å². The molecule has 0 spiro atoms. The first-order chi connectivity index (χ1) is 10.8. The van der Waals surface area contributed by atoms with Gasteiger partial charge in [-0.25, -0.2) is 9.37 Å². The van der Waals surface area contributed by atoms with E-state index >= 15 is 0 Å². The number of rotatable bonds is 2. The van der Waals surface area contributed by atoms with Gasteiger partial charge in [0.1, 0.15) is 11.5 Å². The van der Waals surface area contributed by atoms with Crippen molar-refractivity contribution in [1.82, 2.24) is 15.0 Å². The van der Waals surface area contributed by atoms with E-state index in [9.17, 15) is 4.39 Å². The summed E-state index contributed by atoms with van der Waals surface area (Å²) in [5.41, 5.74) is 3.87. The van der Waals surface area contributed by atoms with Gasteiger partial charge < -0.3 is 4.98 Å². The fourth-order valence-electron chi connectivity index (χ4n) is 2.75. The van der Waals surface area contributed by atoms with Crippen LogP contribution in [0.5, 0.6) is 0 Å². The number of hydrogen-bond donors (Lipinski definition) is 1. The maximum atomic E-state index is 14.3. The summed E-state index contributed by atoms with van der Waals surface area (Å²) in [5.74, 6) is -0.232. The quantitative estimate of drug-likeness (QED) is 0.591. The topological polar surface area (TPSA) is 41.6 Å². The molecular weight excluding hydrogens is 277 g/mol. The van der Waals surface area contributed by atoms with Gasteiger partial charge in [-0.05, 0) is 42.3 Å². The molecule has 0 aliphatic heterocycles. The Morgan fingerprint density at radius 2 is 2.00 bits per heavy atom. The molecule has 3 aromatic heterocycles. The van der Waals surface area contributed by atoms with Crippen molar-refractivity contribution >= 4 is 21.9 Å². The van der Waals surface area contributed by atoms with Gasteiger partial charge in [-0.2, -0.15) is 0 Å². The molecule has 1 aromatic carbocycles. The second-order valence-electron chi connectivity index (χ2n) is 5.31. The van der Waals surface area contributed by atoms with Crippen molar-refractivity contribution in [3.05, 3.63) is 60.2 Å². The summed E-state index contributed by atoms with van der Waals surface area (Å²) in [4.78, 5) is 12.0. The summed E-state index contributed by atoms with van der Waals surface area (Å²) in [6.45, 7) is 2.01. The molecule has 0 fully saturated rings. The van der Waals surface area contributed by atoms with Crippen LogP contribution >= 0.6 is 0 Å². The van der Waals surface area contributed by atoms with Crippen molar-refractivity contribution in [2.45, 2.75) is 13.3 Å². The van der Waals surface area contributed by atoms with Crippen molar-refractivity contribution in [3.63, 3.8) is 0 Å². The summed E-state index contributed by atoms with van der Waals surface area (Å²) in [5, 5.41) is 2.02. The molecule has 1 N–H and O–H groups in total. The lowest BCUT2D eigenvalue weighted by atomic mass is 10.1. The van der Waals surface area contributed by atoms with E-state index in [1.54, 1.807) is 18.3 Å². The molecule has 4 aromatic rings. The zero-order chi connectivity index (χ0) is 15.1. The van der Waals surface area contributed by atoms with Crippen LogP contribution in [0.2, 0.25) is 0 Å². The number of aromatic nitrogens is 3. The van der Waals surface area contributed by atoms with E-state index in [0.29, 0.717) is 11.3 Å². The van der Waals surface area contributed by atoms with E-state index in [-0.39, 0.29) is 5.82 Å². The van der Waals surface area contributed by atoms with Crippen LogP contribution < -0.4 is 0 Å². The molecule has 0 unspecified atom stereocenters. The van der Waals surface area contributed by atoms with Gasteiger partial charge in [0.2, 0.25) is 0 Å². The number of nitrogens with one attached hydrogen (secondary N) is 1. The molecule has 108 valence electrons. The molecule has 0 saturated heterocycles. The third-order valence-electron chi connectivity index (χ3n) is 3.98. The van der Waals surface area contributed by atoms with E-state index in [2.05, 4.69) is 15.0 Å². The van der Waals surface area contributed by atoms with E-state index in [0.717, 1.165) is 33.9 Å². The van der Waals surface area contributed by atoms with Gasteiger partial charge in [0.25, 0.3) is 0 Å². The second kappa shape index (κ2) is 4.91. The van der Waals surface area contributed by atoms with Gasteiger partial charge >= 0.3 is 0 Å². The Morgan fingerprint density at radius 1 is 1.09 bits per heavy atom. The molecule has 3 heterocycles. The number of aromatic amines is 1. The Labute approximate surface area is 126 Å². The molecule has 4 rings (SSSR count). The number of benzene rings is 1. The van der Waals surface area contributed by atoms with Crippen LogP contribution in [-0.2, 0) is 6.42 Å².